The first kappa shape index (κ1) is 36.6. The molecule has 260 valence electrons. The van der Waals surface area contributed by atoms with Crippen molar-refractivity contribution in [1.82, 2.24) is 26.2 Å². The van der Waals surface area contributed by atoms with Gasteiger partial charge in [0, 0.05) is 24.6 Å². The van der Waals surface area contributed by atoms with Crippen molar-refractivity contribution in [2.75, 3.05) is 26.2 Å². The van der Waals surface area contributed by atoms with Gasteiger partial charge in [-0.05, 0) is 75.4 Å². The highest BCUT2D eigenvalue weighted by molar-refractivity contribution is 6.38. The molecule has 1 aliphatic heterocycles. The summed E-state index contributed by atoms with van der Waals surface area (Å²) in [5.41, 5.74) is 1.17. The Morgan fingerprint density at radius 3 is 2.21 bits per heavy atom. The third-order valence-electron chi connectivity index (χ3n) is 9.04. The summed E-state index contributed by atoms with van der Waals surface area (Å²) >= 11 is 0. The van der Waals surface area contributed by atoms with Gasteiger partial charge in [-0.15, -0.1) is 0 Å². The summed E-state index contributed by atoms with van der Waals surface area (Å²) in [6.07, 6.45) is 7.39. The van der Waals surface area contributed by atoms with Gasteiger partial charge in [0.15, 0.2) is 0 Å². The third-order valence-corrected chi connectivity index (χ3v) is 9.04. The lowest BCUT2D eigenvalue weighted by molar-refractivity contribution is -0.141. The maximum Gasteiger partial charge on any atom is 0.289 e. The van der Waals surface area contributed by atoms with Crippen LogP contribution in [-0.4, -0.2) is 84.7 Å². The predicted octanol–water partition coefficient (Wildman–Crippen LogP) is 3.17. The predicted molar refractivity (Wildman–Crippen MR) is 183 cm³/mol. The van der Waals surface area contributed by atoms with E-state index in [1.54, 1.807) is 38.1 Å². The smallest absolute Gasteiger partial charge is 0.289 e. The maximum atomic E-state index is 13.6. The fourth-order valence-corrected chi connectivity index (χ4v) is 6.16. The molecule has 3 unspecified atom stereocenters. The summed E-state index contributed by atoms with van der Waals surface area (Å²) in [6.45, 7) is 8.48. The molecule has 2 aromatic carbocycles. The summed E-state index contributed by atoms with van der Waals surface area (Å²) in [7, 11) is 0. The van der Waals surface area contributed by atoms with Gasteiger partial charge in [0.05, 0.1) is 6.04 Å². The van der Waals surface area contributed by atoms with E-state index >= 15 is 0 Å². The normalized spacial score (nSPS) is 17.2. The van der Waals surface area contributed by atoms with E-state index in [2.05, 4.69) is 26.2 Å². The molecule has 1 saturated carbocycles. The van der Waals surface area contributed by atoms with Crippen molar-refractivity contribution in [3.63, 3.8) is 0 Å². The number of carbonyl (C=O) groups excluding carboxylic acids is 5. The summed E-state index contributed by atoms with van der Waals surface area (Å²) in [5, 5.41) is 11.0. The van der Waals surface area contributed by atoms with Gasteiger partial charge < -0.3 is 26.0 Å². The van der Waals surface area contributed by atoms with Crippen molar-refractivity contribution in [2.45, 2.75) is 96.3 Å². The van der Waals surface area contributed by atoms with Crippen LogP contribution < -0.4 is 26.0 Å². The van der Waals surface area contributed by atoms with Crippen LogP contribution >= 0.6 is 0 Å². The molecule has 2 aromatic rings. The zero-order chi connectivity index (χ0) is 34.5. The highest BCUT2D eigenvalue weighted by Gasteiger charge is 2.33. The molecule has 11 nitrogen and oxygen atoms in total. The molecule has 1 aliphatic carbocycles. The van der Waals surface area contributed by atoms with E-state index in [1.807, 2.05) is 30.3 Å². The molecule has 11 heteroatoms. The largest absolute Gasteiger partial charge is 0.492 e. The average molecular weight is 662 g/mol. The molecular weight excluding hydrogens is 610 g/mol. The number of hydrogen-bond acceptors (Lipinski definition) is 7. The van der Waals surface area contributed by atoms with Crippen LogP contribution in [0.15, 0.2) is 54.6 Å². The number of ketones is 1. The van der Waals surface area contributed by atoms with E-state index in [0.717, 1.165) is 57.3 Å². The van der Waals surface area contributed by atoms with E-state index in [0.29, 0.717) is 17.9 Å². The fraction of sp³-hybridized carbons (Fsp3) is 0.541. The molecule has 0 bridgehead atoms. The fourth-order valence-electron chi connectivity index (χ4n) is 6.16. The Morgan fingerprint density at radius 2 is 1.52 bits per heavy atom. The van der Waals surface area contributed by atoms with Crippen molar-refractivity contribution in [1.29, 1.82) is 0 Å². The number of likely N-dealkylation sites (tertiary alicyclic amines) is 1. The van der Waals surface area contributed by atoms with Crippen molar-refractivity contribution < 1.29 is 28.7 Å². The first-order valence-electron chi connectivity index (χ1n) is 17.4. The number of amides is 4. The monoisotopic (exact) mass is 661 g/mol. The molecule has 0 radical (unpaired) electrons. The molecule has 1 heterocycles. The van der Waals surface area contributed by atoms with E-state index in [9.17, 15) is 24.0 Å². The number of rotatable bonds is 16. The van der Waals surface area contributed by atoms with E-state index in [4.69, 9.17) is 4.74 Å². The Balaban J connectivity index is 1.37. The van der Waals surface area contributed by atoms with Crippen molar-refractivity contribution in [2.24, 2.45) is 5.92 Å². The highest BCUT2D eigenvalue weighted by atomic mass is 16.5. The van der Waals surface area contributed by atoms with Gasteiger partial charge in [-0.1, -0.05) is 69.5 Å². The van der Waals surface area contributed by atoms with Crippen molar-refractivity contribution in [3.8, 4) is 5.75 Å². The first-order valence-corrected chi connectivity index (χ1v) is 17.4. The van der Waals surface area contributed by atoms with Gasteiger partial charge >= 0.3 is 0 Å². The van der Waals surface area contributed by atoms with Gasteiger partial charge in [-0.3, -0.25) is 28.9 Å². The maximum absolute atomic E-state index is 13.6. The topological polar surface area (TPSA) is 146 Å². The van der Waals surface area contributed by atoms with E-state index in [1.165, 1.54) is 19.8 Å². The van der Waals surface area contributed by atoms with Gasteiger partial charge in [0.1, 0.15) is 24.4 Å². The molecule has 3 atom stereocenters. The van der Waals surface area contributed by atoms with Gasteiger partial charge in [-0.2, -0.15) is 0 Å². The Labute approximate surface area is 283 Å². The molecule has 4 rings (SSSR count). The number of hydrogen-bond donors (Lipinski definition) is 4. The number of benzene rings is 2. The van der Waals surface area contributed by atoms with Crippen LogP contribution in [0.25, 0.3) is 0 Å². The van der Waals surface area contributed by atoms with Crippen LogP contribution in [0.2, 0.25) is 0 Å². The Morgan fingerprint density at radius 1 is 0.812 bits per heavy atom. The van der Waals surface area contributed by atoms with Crippen LogP contribution in [0.3, 0.4) is 0 Å². The minimum absolute atomic E-state index is 0.0385. The summed E-state index contributed by atoms with van der Waals surface area (Å²) in [6, 6.07) is 13.0. The molecular formula is C37H51N5O6. The summed E-state index contributed by atoms with van der Waals surface area (Å²) in [4.78, 5) is 68.4. The minimum Gasteiger partial charge on any atom is -0.492 e. The molecule has 1 saturated heterocycles. The molecule has 0 aromatic heterocycles. The SMILES string of the molecule is CC(NC(=O)C(Cc1ccccc1)NC(=O)c1cccc(OCCN2CCCC2)c1)C(=O)NC(C(=O)C(=O)NC1CCCCC1)C(C)C. The van der Waals surface area contributed by atoms with E-state index < -0.39 is 47.5 Å². The lowest BCUT2D eigenvalue weighted by atomic mass is 9.94. The quantitative estimate of drug-likeness (QED) is 0.202. The number of nitrogens with zero attached hydrogens (tertiary/aromatic N) is 1. The van der Waals surface area contributed by atoms with Crippen LogP contribution in [0.5, 0.6) is 5.75 Å². The van der Waals surface area contributed by atoms with Crippen LogP contribution in [0.4, 0.5) is 0 Å². The zero-order valence-corrected chi connectivity index (χ0v) is 28.5. The van der Waals surface area contributed by atoms with Gasteiger partial charge in [0.25, 0.3) is 11.8 Å². The Bertz CT molecular complexity index is 1390. The van der Waals surface area contributed by atoms with Gasteiger partial charge in [0.2, 0.25) is 17.6 Å². The molecule has 4 amide bonds. The second-order valence-corrected chi connectivity index (χ2v) is 13.3. The van der Waals surface area contributed by atoms with Crippen LogP contribution in [0.1, 0.15) is 81.6 Å². The molecule has 48 heavy (non-hydrogen) atoms. The van der Waals surface area contributed by atoms with Crippen molar-refractivity contribution in [3.05, 3.63) is 65.7 Å². The molecule has 0 spiro atoms. The third kappa shape index (κ3) is 11.2. The number of nitrogens with one attached hydrogen (secondary N) is 4. The summed E-state index contributed by atoms with van der Waals surface area (Å²) in [5.74, 6) is -2.82. The Hall–Kier alpha value is -4.25. The van der Waals surface area contributed by atoms with Crippen LogP contribution in [0, 0.1) is 5.92 Å². The highest BCUT2D eigenvalue weighted by Crippen LogP contribution is 2.18. The molecule has 2 aliphatic rings. The second kappa shape index (κ2) is 18.3. The van der Waals surface area contributed by atoms with Crippen molar-refractivity contribution >= 4 is 29.4 Å². The van der Waals surface area contributed by atoms with Gasteiger partial charge in [-0.25, -0.2) is 0 Å². The standard InChI is InChI=1S/C37H51N5O6/c1-25(2)32(33(43)37(47)39-29-16-8-5-9-17-29)41-34(44)26(3)38-36(46)31(23-27-13-6-4-7-14-27)40-35(45)28-15-12-18-30(24-28)48-22-21-42-19-10-11-20-42/h4,6-7,12-15,18,24-26,29,31-32H,5,8-11,16-17,19-23H2,1-3H3,(H,38,46)(H,39,47)(H,40,45)(H,41,44). The zero-order valence-electron chi connectivity index (χ0n) is 28.5. The number of ether oxygens (including phenoxy) is 1. The summed E-state index contributed by atoms with van der Waals surface area (Å²) < 4.78 is 5.91. The van der Waals surface area contributed by atoms with Crippen LogP contribution in [-0.2, 0) is 25.6 Å². The number of Topliss-reactive ketones (excluding diaryl/α,β-unsaturated/α-hetero) is 1. The average Bonchev–Trinajstić information content (AvgIpc) is 3.61. The van der Waals surface area contributed by atoms with E-state index in [-0.39, 0.29) is 18.4 Å². The molecule has 4 N–H and O–H groups in total. The number of carbonyl (C=O) groups is 5. The minimum atomic E-state index is -1.05. The molecule has 2 fully saturated rings. The lowest BCUT2D eigenvalue weighted by Crippen LogP contribution is -2.57. The first-order chi connectivity index (χ1) is 23.1. The lowest BCUT2D eigenvalue weighted by Gasteiger charge is -2.26. The Kier molecular flexibility index (Phi) is 14.0. The second-order valence-electron chi connectivity index (χ2n) is 13.3.